The molecule has 1 rings (SSSR count). The molecule has 54 valence electrons. The van der Waals surface area contributed by atoms with Gasteiger partial charge >= 0.3 is 0 Å². The standard InChI is InChI=1S/C8H10O2/c1-6(2)8-4-3-7(5-9)10-8/h3-6H,1-2H3. The lowest BCUT2D eigenvalue weighted by Crippen LogP contribution is -1.80. The van der Waals surface area contributed by atoms with E-state index in [1.807, 2.05) is 19.9 Å². The van der Waals surface area contributed by atoms with Crippen LogP contribution in [0.25, 0.3) is 0 Å². The van der Waals surface area contributed by atoms with Crippen molar-refractivity contribution < 1.29 is 9.21 Å². The summed E-state index contributed by atoms with van der Waals surface area (Å²) in [6.07, 6.45) is 0.714. The Morgan fingerprint density at radius 3 is 2.50 bits per heavy atom. The fourth-order valence-electron chi connectivity index (χ4n) is 0.742. The summed E-state index contributed by atoms with van der Waals surface area (Å²) in [5, 5.41) is 0. The number of carbonyl (C=O) groups excluding carboxylic acids is 1. The molecule has 0 aromatic carbocycles. The molecule has 0 spiro atoms. The van der Waals surface area contributed by atoms with Crippen molar-refractivity contribution in [3.8, 4) is 0 Å². The minimum atomic E-state index is 0.355. The summed E-state index contributed by atoms with van der Waals surface area (Å²) in [6, 6.07) is 3.51. The van der Waals surface area contributed by atoms with Gasteiger partial charge in [-0.3, -0.25) is 4.79 Å². The number of carbonyl (C=O) groups is 1. The van der Waals surface area contributed by atoms with Crippen LogP contribution in [0, 0.1) is 0 Å². The molecule has 0 aliphatic heterocycles. The van der Waals surface area contributed by atoms with Crippen LogP contribution in [0.15, 0.2) is 16.5 Å². The summed E-state index contributed by atoms with van der Waals surface area (Å²) in [5.41, 5.74) is 0. The molecule has 1 heterocycles. The van der Waals surface area contributed by atoms with Crippen molar-refractivity contribution in [2.75, 3.05) is 0 Å². The van der Waals surface area contributed by atoms with Gasteiger partial charge in [0.2, 0.25) is 0 Å². The van der Waals surface area contributed by atoms with Gasteiger partial charge < -0.3 is 4.42 Å². The second kappa shape index (κ2) is 2.69. The SMILES string of the molecule is CC(C)c1ccc(C=O)o1. The maximum atomic E-state index is 10.1. The molecular formula is C8H10O2. The molecule has 0 unspecified atom stereocenters. The molecule has 0 saturated heterocycles. The third-order valence-electron chi connectivity index (χ3n) is 1.33. The maximum Gasteiger partial charge on any atom is 0.185 e. The number of aldehydes is 1. The van der Waals surface area contributed by atoms with Crippen LogP contribution in [-0.4, -0.2) is 6.29 Å². The van der Waals surface area contributed by atoms with Crippen LogP contribution >= 0.6 is 0 Å². The molecule has 0 aliphatic rings. The fourth-order valence-corrected chi connectivity index (χ4v) is 0.742. The number of rotatable bonds is 2. The van der Waals surface area contributed by atoms with Gasteiger partial charge in [-0.1, -0.05) is 13.8 Å². The first-order chi connectivity index (χ1) is 4.74. The molecule has 0 radical (unpaired) electrons. The average Bonchev–Trinajstić information content (AvgIpc) is 2.34. The zero-order valence-electron chi connectivity index (χ0n) is 6.13. The van der Waals surface area contributed by atoms with Crippen LogP contribution in [0.3, 0.4) is 0 Å². The minimum Gasteiger partial charge on any atom is -0.458 e. The summed E-state index contributed by atoms with van der Waals surface area (Å²) in [6.45, 7) is 4.04. The summed E-state index contributed by atoms with van der Waals surface area (Å²) in [4.78, 5) is 10.1. The van der Waals surface area contributed by atoms with Gasteiger partial charge in [0.1, 0.15) is 5.76 Å². The zero-order valence-corrected chi connectivity index (χ0v) is 6.13. The van der Waals surface area contributed by atoms with Gasteiger partial charge in [0.15, 0.2) is 12.0 Å². The van der Waals surface area contributed by atoms with E-state index in [-0.39, 0.29) is 0 Å². The first-order valence-corrected chi connectivity index (χ1v) is 3.29. The van der Waals surface area contributed by atoms with Gasteiger partial charge in [0, 0.05) is 5.92 Å². The predicted molar refractivity (Wildman–Crippen MR) is 38.2 cm³/mol. The van der Waals surface area contributed by atoms with E-state index in [0.717, 1.165) is 5.76 Å². The Labute approximate surface area is 59.8 Å². The molecule has 10 heavy (non-hydrogen) atoms. The van der Waals surface area contributed by atoms with Crippen molar-refractivity contribution in [2.45, 2.75) is 19.8 Å². The topological polar surface area (TPSA) is 30.2 Å². The van der Waals surface area contributed by atoms with E-state index in [1.165, 1.54) is 0 Å². The van der Waals surface area contributed by atoms with Crippen molar-refractivity contribution in [3.63, 3.8) is 0 Å². The van der Waals surface area contributed by atoms with Gasteiger partial charge in [0.25, 0.3) is 0 Å². The van der Waals surface area contributed by atoms with Crippen molar-refractivity contribution in [2.24, 2.45) is 0 Å². The van der Waals surface area contributed by atoms with Gasteiger partial charge in [-0.15, -0.1) is 0 Å². The quantitative estimate of drug-likeness (QED) is 0.586. The zero-order chi connectivity index (χ0) is 7.56. The highest BCUT2D eigenvalue weighted by Gasteiger charge is 2.03. The Morgan fingerprint density at radius 2 is 2.20 bits per heavy atom. The van der Waals surface area contributed by atoms with Gasteiger partial charge in [-0.05, 0) is 12.1 Å². The molecule has 0 amide bonds. The molecule has 0 fully saturated rings. The third kappa shape index (κ3) is 1.26. The third-order valence-corrected chi connectivity index (χ3v) is 1.33. The van der Waals surface area contributed by atoms with Gasteiger partial charge in [-0.25, -0.2) is 0 Å². The van der Waals surface area contributed by atoms with E-state index in [2.05, 4.69) is 0 Å². The van der Waals surface area contributed by atoms with Crippen LogP contribution in [0.1, 0.15) is 36.1 Å². The smallest absolute Gasteiger partial charge is 0.185 e. The second-order valence-electron chi connectivity index (χ2n) is 2.51. The van der Waals surface area contributed by atoms with Gasteiger partial charge in [-0.2, -0.15) is 0 Å². The molecule has 0 N–H and O–H groups in total. The van der Waals surface area contributed by atoms with E-state index in [9.17, 15) is 4.79 Å². The summed E-state index contributed by atoms with van der Waals surface area (Å²) in [5.74, 6) is 1.62. The van der Waals surface area contributed by atoms with Crippen molar-refractivity contribution in [1.82, 2.24) is 0 Å². The Bertz CT molecular complexity index is 223. The van der Waals surface area contributed by atoms with Crippen LogP contribution in [0.2, 0.25) is 0 Å². The van der Waals surface area contributed by atoms with Crippen molar-refractivity contribution >= 4 is 6.29 Å². The lowest BCUT2D eigenvalue weighted by atomic mass is 10.2. The molecule has 1 aromatic rings. The molecule has 2 heteroatoms. The Kier molecular flexibility index (Phi) is 1.90. The van der Waals surface area contributed by atoms with Crippen molar-refractivity contribution in [3.05, 3.63) is 23.7 Å². The Morgan fingerprint density at radius 1 is 1.50 bits per heavy atom. The van der Waals surface area contributed by atoms with E-state index in [0.29, 0.717) is 18.0 Å². The number of furan rings is 1. The van der Waals surface area contributed by atoms with E-state index < -0.39 is 0 Å². The molecule has 0 atom stereocenters. The molecule has 1 aromatic heterocycles. The summed E-state index contributed by atoms with van der Waals surface area (Å²) in [7, 11) is 0. The molecule has 0 saturated carbocycles. The largest absolute Gasteiger partial charge is 0.458 e. The van der Waals surface area contributed by atoms with E-state index in [4.69, 9.17) is 4.42 Å². The Hall–Kier alpha value is -1.05. The number of hydrogen-bond acceptors (Lipinski definition) is 2. The van der Waals surface area contributed by atoms with Gasteiger partial charge in [0.05, 0.1) is 0 Å². The Balaban J connectivity index is 2.88. The highest BCUT2D eigenvalue weighted by Crippen LogP contribution is 2.15. The average molecular weight is 138 g/mol. The normalized spacial score (nSPS) is 10.3. The lowest BCUT2D eigenvalue weighted by molar-refractivity contribution is 0.109. The molecule has 0 aliphatic carbocycles. The highest BCUT2D eigenvalue weighted by molar-refractivity contribution is 5.70. The van der Waals surface area contributed by atoms with Crippen LogP contribution in [-0.2, 0) is 0 Å². The molecular weight excluding hydrogens is 128 g/mol. The lowest BCUT2D eigenvalue weighted by Gasteiger charge is -1.95. The maximum absolute atomic E-state index is 10.1. The fraction of sp³-hybridized carbons (Fsp3) is 0.375. The minimum absolute atomic E-state index is 0.355. The molecule has 2 nitrogen and oxygen atoms in total. The van der Waals surface area contributed by atoms with Crippen molar-refractivity contribution in [1.29, 1.82) is 0 Å². The first kappa shape index (κ1) is 7.06. The number of hydrogen-bond donors (Lipinski definition) is 0. The molecule has 0 bridgehead atoms. The van der Waals surface area contributed by atoms with E-state index in [1.54, 1.807) is 6.07 Å². The van der Waals surface area contributed by atoms with Crippen LogP contribution in [0.5, 0.6) is 0 Å². The summed E-state index contributed by atoms with van der Waals surface area (Å²) < 4.78 is 5.13. The van der Waals surface area contributed by atoms with Crippen LogP contribution in [0.4, 0.5) is 0 Å². The predicted octanol–water partition coefficient (Wildman–Crippen LogP) is 2.22. The summed E-state index contributed by atoms with van der Waals surface area (Å²) >= 11 is 0. The monoisotopic (exact) mass is 138 g/mol. The first-order valence-electron chi connectivity index (χ1n) is 3.29. The van der Waals surface area contributed by atoms with E-state index >= 15 is 0 Å². The second-order valence-corrected chi connectivity index (χ2v) is 2.51. The highest BCUT2D eigenvalue weighted by atomic mass is 16.3. The van der Waals surface area contributed by atoms with Crippen LogP contribution < -0.4 is 0 Å².